The predicted molar refractivity (Wildman–Crippen MR) is 76.6 cm³/mol. The molecule has 5 nitrogen and oxygen atoms in total. The fraction of sp³-hybridized carbons (Fsp3) is 0.571. The Kier molecular flexibility index (Phi) is 4.37. The van der Waals surface area contributed by atoms with Gasteiger partial charge in [0.2, 0.25) is 0 Å². The van der Waals surface area contributed by atoms with Gasteiger partial charge in [0.05, 0.1) is 4.92 Å². The highest BCUT2D eigenvalue weighted by Gasteiger charge is 2.27. The highest BCUT2D eigenvalue weighted by atomic mass is 16.6. The lowest BCUT2D eigenvalue weighted by Crippen LogP contribution is -2.30. The van der Waals surface area contributed by atoms with Crippen molar-refractivity contribution >= 4 is 11.4 Å². The topological polar surface area (TPSA) is 58.4 Å². The van der Waals surface area contributed by atoms with Crippen molar-refractivity contribution in [2.75, 3.05) is 25.0 Å². The van der Waals surface area contributed by atoms with Crippen molar-refractivity contribution < 1.29 is 4.92 Å². The molecule has 0 radical (unpaired) electrons. The van der Waals surface area contributed by atoms with Gasteiger partial charge in [-0.3, -0.25) is 15.0 Å². The van der Waals surface area contributed by atoms with E-state index in [0.717, 1.165) is 36.9 Å². The number of non-ortho nitro benzene ring substituents is 1. The van der Waals surface area contributed by atoms with Gasteiger partial charge in [-0.25, -0.2) is 0 Å². The molecule has 5 heteroatoms. The summed E-state index contributed by atoms with van der Waals surface area (Å²) in [6.45, 7) is 6.94. The molecule has 1 aliphatic rings. The molecule has 1 N–H and O–H groups in total. The normalized spacial score (nSPS) is 14.7. The third kappa shape index (κ3) is 3.92. The van der Waals surface area contributed by atoms with Gasteiger partial charge in [0.15, 0.2) is 0 Å². The lowest BCUT2D eigenvalue weighted by molar-refractivity contribution is -0.384. The summed E-state index contributed by atoms with van der Waals surface area (Å²) in [6, 6.07) is 5.90. The Hall–Kier alpha value is -1.62. The van der Waals surface area contributed by atoms with Gasteiger partial charge >= 0.3 is 0 Å². The number of rotatable bonds is 7. The molecule has 0 spiro atoms. The van der Waals surface area contributed by atoms with Crippen LogP contribution >= 0.6 is 0 Å². The largest absolute Gasteiger partial charge is 0.384 e. The summed E-state index contributed by atoms with van der Waals surface area (Å²) in [6.07, 6.45) is 2.62. The van der Waals surface area contributed by atoms with Crippen LogP contribution in [0.5, 0.6) is 0 Å². The second-order valence-electron chi connectivity index (χ2n) is 5.10. The van der Waals surface area contributed by atoms with Crippen molar-refractivity contribution in [2.45, 2.75) is 32.7 Å². The van der Waals surface area contributed by atoms with Crippen molar-refractivity contribution in [3.05, 3.63) is 33.9 Å². The zero-order chi connectivity index (χ0) is 13.8. The van der Waals surface area contributed by atoms with Crippen LogP contribution in [0, 0.1) is 17.0 Å². The van der Waals surface area contributed by atoms with Crippen LogP contribution in [0.3, 0.4) is 0 Å². The van der Waals surface area contributed by atoms with Gasteiger partial charge in [-0.1, -0.05) is 6.92 Å². The van der Waals surface area contributed by atoms with E-state index in [4.69, 9.17) is 0 Å². The summed E-state index contributed by atoms with van der Waals surface area (Å²) in [5.41, 5.74) is 1.89. The van der Waals surface area contributed by atoms with Crippen LogP contribution < -0.4 is 5.32 Å². The molecule has 1 aliphatic carbocycles. The van der Waals surface area contributed by atoms with E-state index in [1.165, 1.54) is 12.8 Å². The molecular formula is C14H21N3O2. The minimum Gasteiger partial charge on any atom is -0.384 e. The number of nitro groups is 1. The number of nitro benzene ring substituents is 1. The number of hydrogen-bond acceptors (Lipinski definition) is 4. The lowest BCUT2D eigenvalue weighted by atomic mass is 10.2. The van der Waals surface area contributed by atoms with Gasteiger partial charge in [-0.2, -0.15) is 0 Å². The van der Waals surface area contributed by atoms with Crippen LogP contribution in [-0.4, -0.2) is 35.5 Å². The summed E-state index contributed by atoms with van der Waals surface area (Å²) >= 11 is 0. The number of aryl methyl sites for hydroxylation is 1. The number of nitrogens with zero attached hydrogens (tertiary/aromatic N) is 2. The monoisotopic (exact) mass is 263 g/mol. The fourth-order valence-corrected chi connectivity index (χ4v) is 2.35. The molecular weight excluding hydrogens is 242 g/mol. The zero-order valence-electron chi connectivity index (χ0n) is 11.6. The van der Waals surface area contributed by atoms with Crippen LogP contribution in [0.1, 0.15) is 25.3 Å². The van der Waals surface area contributed by atoms with Crippen LogP contribution in [-0.2, 0) is 0 Å². The third-order valence-corrected chi connectivity index (χ3v) is 3.47. The average Bonchev–Trinajstić information content (AvgIpc) is 3.18. The summed E-state index contributed by atoms with van der Waals surface area (Å²) in [4.78, 5) is 12.9. The van der Waals surface area contributed by atoms with E-state index in [9.17, 15) is 10.1 Å². The average molecular weight is 263 g/mol. The second kappa shape index (κ2) is 6.02. The Balaban J connectivity index is 1.89. The molecule has 0 bridgehead atoms. The van der Waals surface area contributed by atoms with Crippen molar-refractivity contribution in [3.63, 3.8) is 0 Å². The number of nitrogens with one attached hydrogen (secondary N) is 1. The molecule has 1 saturated carbocycles. The Labute approximate surface area is 113 Å². The highest BCUT2D eigenvalue weighted by molar-refractivity contribution is 5.53. The zero-order valence-corrected chi connectivity index (χ0v) is 11.6. The molecule has 0 saturated heterocycles. The Bertz CT molecular complexity index is 458. The van der Waals surface area contributed by atoms with Crippen LogP contribution in [0.2, 0.25) is 0 Å². The molecule has 1 aromatic carbocycles. The molecule has 0 aromatic heterocycles. The number of likely N-dealkylation sites (N-methyl/N-ethyl adjacent to an activating group) is 1. The molecule has 1 aromatic rings. The molecule has 0 unspecified atom stereocenters. The maximum Gasteiger partial charge on any atom is 0.271 e. The Morgan fingerprint density at radius 2 is 2.16 bits per heavy atom. The molecule has 19 heavy (non-hydrogen) atoms. The maximum atomic E-state index is 10.8. The molecule has 0 amide bonds. The van der Waals surface area contributed by atoms with E-state index in [1.807, 2.05) is 13.0 Å². The van der Waals surface area contributed by atoms with Gasteiger partial charge in [0, 0.05) is 37.0 Å². The van der Waals surface area contributed by atoms with Crippen LogP contribution in [0.4, 0.5) is 11.4 Å². The van der Waals surface area contributed by atoms with Gasteiger partial charge in [-0.15, -0.1) is 0 Å². The molecule has 104 valence electrons. The summed E-state index contributed by atoms with van der Waals surface area (Å²) < 4.78 is 0. The second-order valence-corrected chi connectivity index (χ2v) is 5.10. The predicted octanol–water partition coefficient (Wildman–Crippen LogP) is 2.80. The maximum absolute atomic E-state index is 10.8. The smallest absolute Gasteiger partial charge is 0.271 e. The number of benzene rings is 1. The first-order valence-electron chi connectivity index (χ1n) is 6.84. The van der Waals surface area contributed by atoms with Crippen molar-refractivity contribution in [1.82, 2.24) is 4.90 Å². The Morgan fingerprint density at radius 3 is 2.74 bits per heavy atom. The first kappa shape index (κ1) is 13.8. The SMILES string of the molecule is CCN(CCNc1cc(C)cc([N+](=O)[O-])c1)C1CC1. The van der Waals surface area contributed by atoms with Gasteiger partial charge in [0.1, 0.15) is 0 Å². The van der Waals surface area contributed by atoms with E-state index >= 15 is 0 Å². The van der Waals surface area contributed by atoms with E-state index in [2.05, 4.69) is 17.1 Å². The molecule has 0 aliphatic heterocycles. The minimum atomic E-state index is -0.347. The van der Waals surface area contributed by atoms with Gasteiger partial charge < -0.3 is 5.32 Å². The Morgan fingerprint density at radius 1 is 1.42 bits per heavy atom. The van der Waals surface area contributed by atoms with E-state index in [0.29, 0.717) is 0 Å². The van der Waals surface area contributed by atoms with Crippen molar-refractivity contribution in [1.29, 1.82) is 0 Å². The van der Waals surface area contributed by atoms with E-state index in [1.54, 1.807) is 12.1 Å². The van der Waals surface area contributed by atoms with Crippen LogP contribution in [0.15, 0.2) is 18.2 Å². The van der Waals surface area contributed by atoms with Crippen LogP contribution in [0.25, 0.3) is 0 Å². The highest BCUT2D eigenvalue weighted by Crippen LogP contribution is 2.26. The minimum absolute atomic E-state index is 0.150. The fourth-order valence-electron chi connectivity index (χ4n) is 2.35. The summed E-state index contributed by atoms with van der Waals surface area (Å²) in [5.74, 6) is 0. The summed E-state index contributed by atoms with van der Waals surface area (Å²) in [5, 5.41) is 14.1. The van der Waals surface area contributed by atoms with Crippen molar-refractivity contribution in [2.24, 2.45) is 0 Å². The van der Waals surface area contributed by atoms with E-state index in [-0.39, 0.29) is 10.6 Å². The molecule has 0 heterocycles. The van der Waals surface area contributed by atoms with Gasteiger partial charge in [0.25, 0.3) is 5.69 Å². The lowest BCUT2D eigenvalue weighted by Gasteiger charge is -2.20. The molecule has 2 rings (SSSR count). The molecule has 0 atom stereocenters. The standard InChI is InChI=1S/C14H21N3O2/c1-3-16(13-4-5-13)7-6-15-12-8-11(2)9-14(10-12)17(18)19/h8-10,13,15H,3-7H2,1-2H3. The van der Waals surface area contributed by atoms with Crippen molar-refractivity contribution in [3.8, 4) is 0 Å². The third-order valence-electron chi connectivity index (χ3n) is 3.47. The first-order valence-corrected chi connectivity index (χ1v) is 6.84. The molecule has 1 fully saturated rings. The first-order chi connectivity index (χ1) is 9.10. The number of hydrogen-bond donors (Lipinski definition) is 1. The summed E-state index contributed by atoms with van der Waals surface area (Å²) in [7, 11) is 0. The quantitative estimate of drug-likeness (QED) is 0.607. The number of anilines is 1. The van der Waals surface area contributed by atoms with Gasteiger partial charge in [-0.05, 0) is 37.9 Å². The van der Waals surface area contributed by atoms with E-state index < -0.39 is 0 Å².